The van der Waals surface area contributed by atoms with Gasteiger partial charge in [-0.1, -0.05) is 39.3 Å². The van der Waals surface area contributed by atoms with E-state index in [2.05, 4.69) is 80.0 Å². The second kappa shape index (κ2) is 25.9. The second-order valence-electron chi connectivity index (χ2n) is 23.5. The van der Waals surface area contributed by atoms with E-state index < -0.39 is 16.1 Å². The number of hydrogen-bond acceptors (Lipinski definition) is 14. The SMILES string of the molecule is CC(NC(=O)c1cn(COCC[Si](C)(C)C)c2ncc(-c3n[nH]c4cc(F)ccc34)nc12)c1ccncc1.CC(NC(=O)c1cn(COCC[Si](C)(C)C)c2ncc(-c3nn(CCN4CCOCC4)c4cc(F)ccc34)nc12)c1ccncc1. The molecule has 2 atom stereocenters. The molecule has 2 aromatic carbocycles. The van der Waals surface area contributed by atoms with Gasteiger partial charge in [-0.05, 0) is 97.7 Å². The van der Waals surface area contributed by atoms with Crippen LogP contribution in [-0.2, 0) is 34.2 Å². The van der Waals surface area contributed by atoms with Gasteiger partial charge in [0, 0.05) is 96.9 Å². The van der Waals surface area contributed by atoms with Crippen LogP contribution < -0.4 is 10.6 Å². The van der Waals surface area contributed by atoms with Gasteiger partial charge in [0.25, 0.3) is 11.8 Å². The van der Waals surface area contributed by atoms with Crippen molar-refractivity contribution >= 4 is 72.1 Å². The van der Waals surface area contributed by atoms with Crippen LogP contribution in [0.15, 0.2) is 110 Å². The van der Waals surface area contributed by atoms with Crippen LogP contribution in [0.4, 0.5) is 8.78 Å². The lowest BCUT2D eigenvalue weighted by molar-refractivity contribution is 0.0361. The summed E-state index contributed by atoms with van der Waals surface area (Å²) < 4.78 is 51.1. The molecule has 10 aromatic rings. The van der Waals surface area contributed by atoms with Crippen molar-refractivity contribution in [1.29, 1.82) is 0 Å². The number of aromatic nitrogens is 12. The molecule has 0 aliphatic carbocycles. The van der Waals surface area contributed by atoms with Gasteiger partial charge in [0.15, 0.2) is 11.3 Å². The van der Waals surface area contributed by atoms with Gasteiger partial charge in [0.05, 0.1) is 66.4 Å². The first kappa shape index (κ1) is 59.2. The number of ether oxygens (including phenoxy) is 3. The number of fused-ring (bicyclic) bond motifs is 4. The Labute approximate surface area is 487 Å². The van der Waals surface area contributed by atoms with Crippen molar-refractivity contribution in [1.82, 2.24) is 74.5 Å². The highest BCUT2D eigenvalue weighted by atomic mass is 28.3. The topological polar surface area (TPSA) is 223 Å². The molecule has 2 unspecified atom stereocenters. The van der Waals surface area contributed by atoms with Crippen LogP contribution in [0.3, 0.4) is 0 Å². The third-order valence-corrected chi connectivity index (χ3v) is 18.0. The number of halogens is 2. The van der Waals surface area contributed by atoms with Crippen molar-refractivity contribution < 1.29 is 32.6 Å². The van der Waals surface area contributed by atoms with E-state index in [1.807, 2.05) is 47.4 Å². The lowest BCUT2D eigenvalue weighted by Crippen LogP contribution is -2.38. The van der Waals surface area contributed by atoms with Crippen LogP contribution in [0.25, 0.3) is 66.9 Å². The number of carbonyl (C=O) groups excluding carboxylic acids is 2. The first-order valence-corrected chi connectivity index (χ1v) is 35.7. The fourth-order valence-corrected chi connectivity index (χ4v) is 11.2. The summed E-state index contributed by atoms with van der Waals surface area (Å²) in [6.45, 7) is 23.9. The van der Waals surface area contributed by atoms with Gasteiger partial charge in [0.1, 0.15) is 58.9 Å². The number of pyridine rings is 2. The molecule has 0 bridgehead atoms. The third kappa shape index (κ3) is 14.3. The molecule has 0 radical (unpaired) electrons. The van der Waals surface area contributed by atoms with Crippen molar-refractivity contribution in [3.8, 4) is 22.8 Å². The second-order valence-corrected chi connectivity index (χ2v) is 34.7. The molecule has 11 rings (SSSR count). The zero-order valence-corrected chi connectivity index (χ0v) is 50.7. The summed E-state index contributed by atoms with van der Waals surface area (Å²) in [6.07, 6.45) is 13.6. The molecular formula is C60H71F2N15O5Si2. The average molecular weight is 1180 g/mol. The highest BCUT2D eigenvalue weighted by molar-refractivity contribution is 6.76. The van der Waals surface area contributed by atoms with E-state index in [0.29, 0.717) is 106 Å². The van der Waals surface area contributed by atoms with Crippen LogP contribution in [-0.4, -0.2) is 138 Å². The predicted octanol–water partition coefficient (Wildman–Crippen LogP) is 10.4. The maximum absolute atomic E-state index is 14.4. The highest BCUT2D eigenvalue weighted by Gasteiger charge is 2.26. The number of aromatic amines is 1. The summed E-state index contributed by atoms with van der Waals surface area (Å²) in [4.78, 5) is 56.8. The van der Waals surface area contributed by atoms with E-state index >= 15 is 0 Å². The number of amides is 2. The van der Waals surface area contributed by atoms with E-state index in [-0.39, 0.29) is 49.0 Å². The summed E-state index contributed by atoms with van der Waals surface area (Å²) >= 11 is 0. The van der Waals surface area contributed by atoms with Gasteiger partial charge in [0.2, 0.25) is 0 Å². The van der Waals surface area contributed by atoms with Gasteiger partial charge in [-0.2, -0.15) is 10.2 Å². The molecule has 1 aliphatic rings. The number of benzene rings is 2. The van der Waals surface area contributed by atoms with Crippen molar-refractivity contribution in [2.75, 3.05) is 46.1 Å². The molecule has 3 N–H and O–H groups in total. The number of hydrogen-bond donors (Lipinski definition) is 3. The molecule has 0 spiro atoms. The third-order valence-electron chi connectivity index (χ3n) is 14.6. The number of nitrogens with one attached hydrogen (secondary N) is 3. The molecule has 8 aromatic heterocycles. The Morgan fingerprint density at radius 2 is 1.17 bits per heavy atom. The Kier molecular flexibility index (Phi) is 18.2. The minimum absolute atomic E-state index is 0.238. The van der Waals surface area contributed by atoms with E-state index in [1.54, 1.807) is 66.3 Å². The smallest absolute Gasteiger partial charge is 0.255 e. The maximum atomic E-state index is 14.4. The molecule has 1 saturated heterocycles. The fourth-order valence-electron chi connectivity index (χ4n) is 9.72. The van der Waals surface area contributed by atoms with Crippen molar-refractivity contribution in [2.45, 2.75) is 97.3 Å². The van der Waals surface area contributed by atoms with Crippen LogP contribution in [0, 0.1) is 11.6 Å². The molecule has 1 fully saturated rings. The molecule has 24 heteroatoms. The normalized spacial score (nSPS) is 14.0. The minimum atomic E-state index is -1.27. The van der Waals surface area contributed by atoms with E-state index in [9.17, 15) is 18.4 Å². The minimum Gasteiger partial charge on any atom is -0.379 e. The van der Waals surface area contributed by atoms with E-state index in [0.717, 1.165) is 48.2 Å². The predicted molar refractivity (Wildman–Crippen MR) is 324 cm³/mol. The lowest BCUT2D eigenvalue weighted by Gasteiger charge is -2.26. The highest BCUT2D eigenvalue weighted by Crippen LogP contribution is 2.32. The quantitative estimate of drug-likeness (QED) is 0.0450. The first-order chi connectivity index (χ1) is 40.4. The standard InChI is InChI=1S/C33H41FN8O3Si.C27H30FN7O2Si/c1-23(24-7-9-35-10-8-24)37-33(43)27-21-41(22-45-17-18-46(2,3)4)32-31(27)38-28(20-36-32)30-26-6-5-25(34)19-29(26)42(39-30)12-11-40-13-15-44-16-14-40;1-17(18-7-9-29-10-8-18)31-27(36)21-15-35(16-37-11-12-38(2,3)4)26-25(21)32-23(14-30-26)24-20-6-5-19(28)13-22(20)33-34-24/h5-10,19-21,23H,11-18,22H2,1-4H3,(H,37,43);5-10,13-15,17H,11-12,16H2,1-4H3,(H,31,36)(H,33,34). The van der Waals surface area contributed by atoms with Crippen LogP contribution in [0.1, 0.15) is 57.8 Å². The Bertz CT molecular complexity index is 3910. The van der Waals surface area contributed by atoms with Gasteiger partial charge in [-0.25, -0.2) is 28.7 Å². The molecule has 1 aliphatic heterocycles. The summed E-state index contributed by atoms with van der Waals surface area (Å²) in [5.41, 5.74) is 7.95. The largest absolute Gasteiger partial charge is 0.379 e. The molecule has 84 heavy (non-hydrogen) atoms. The molecule has 438 valence electrons. The van der Waals surface area contributed by atoms with Gasteiger partial charge in [-0.15, -0.1) is 0 Å². The molecular weight excluding hydrogens is 1100 g/mol. The van der Waals surface area contributed by atoms with E-state index in [1.165, 1.54) is 24.3 Å². The first-order valence-electron chi connectivity index (χ1n) is 28.2. The number of morpholine rings is 1. The molecule has 9 heterocycles. The van der Waals surface area contributed by atoms with Crippen LogP contribution in [0.2, 0.25) is 51.4 Å². The van der Waals surface area contributed by atoms with Crippen LogP contribution in [0.5, 0.6) is 0 Å². The number of rotatable bonds is 21. The Morgan fingerprint density at radius 3 is 1.69 bits per heavy atom. The average Bonchev–Trinajstić information content (AvgIpc) is 2.54. The molecule has 20 nitrogen and oxygen atoms in total. The Balaban J connectivity index is 0.000000191. The fraction of sp³-hybridized carbons (Fsp3) is 0.367. The molecule has 0 saturated carbocycles. The van der Waals surface area contributed by atoms with Gasteiger partial charge in [-0.3, -0.25) is 34.2 Å². The summed E-state index contributed by atoms with van der Waals surface area (Å²) in [5, 5.41) is 19.7. The number of carbonyl (C=O) groups is 2. The zero-order valence-electron chi connectivity index (χ0n) is 48.7. The zero-order chi connectivity index (χ0) is 59.1. The Morgan fingerprint density at radius 1 is 0.667 bits per heavy atom. The summed E-state index contributed by atoms with van der Waals surface area (Å²) in [6, 6.07) is 18.1. The molecule has 2 amide bonds. The Hall–Kier alpha value is -8.01. The van der Waals surface area contributed by atoms with Crippen molar-refractivity contribution in [3.63, 3.8) is 0 Å². The summed E-state index contributed by atoms with van der Waals surface area (Å²) in [7, 11) is -2.51. The van der Waals surface area contributed by atoms with E-state index in [4.69, 9.17) is 34.3 Å². The van der Waals surface area contributed by atoms with Gasteiger partial charge < -0.3 is 34.0 Å². The summed E-state index contributed by atoms with van der Waals surface area (Å²) in [5.74, 6) is -1.24. The monoisotopic (exact) mass is 1180 g/mol. The van der Waals surface area contributed by atoms with Crippen molar-refractivity contribution in [3.05, 3.63) is 144 Å². The maximum Gasteiger partial charge on any atom is 0.255 e. The number of nitrogens with zero attached hydrogens (tertiary/aromatic N) is 12. The van der Waals surface area contributed by atoms with Gasteiger partial charge >= 0.3 is 0 Å². The van der Waals surface area contributed by atoms with Crippen molar-refractivity contribution in [2.24, 2.45) is 0 Å². The lowest BCUT2D eigenvalue weighted by atomic mass is 10.1. The number of H-pyrrole nitrogens is 1. The van der Waals surface area contributed by atoms with Crippen LogP contribution >= 0.6 is 0 Å².